The molecule has 132 valence electrons. The quantitative estimate of drug-likeness (QED) is 0.680. The minimum Gasteiger partial charge on any atom is -0.481 e. The molecule has 0 bridgehead atoms. The van der Waals surface area contributed by atoms with Crippen molar-refractivity contribution < 1.29 is 14.6 Å². The summed E-state index contributed by atoms with van der Waals surface area (Å²) in [5.74, 6) is -1.32. The first kappa shape index (κ1) is 20.1. The molecule has 1 aromatic rings. The van der Waals surface area contributed by atoms with Crippen molar-refractivity contribution in [1.82, 2.24) is 0 Å². The van der Waals surface area contributed by atoms with E-state index in [4.69, 9.17) is 15.6 Å². The Bertz CT molecular complexity index is 564. The minimum absolute atomic E-state index is 0.0826. The number of carboxylic acids is 1. The van der Waals surface area contributed by atoms with E-state index >= 15 is 0 Å². The van der Waals surface area contributed by atoms with Gasteiger partial charge in [-0.1, -0.05) is 61.6 Å². The van der Waals surface area contributed by atoms with Gasteiger partial charge < -0.3 is 15.6 Å². The monoisotopic (exact) mass is 331 g/mol. The van der Waals surface area contributed by atoms with Crippen LogP contribution in [0.4, 0.5) is 0 Å². The largest absolute Gasteiger partial charge is 0.481 e. The molecular weight excluding hydrogens is 302 g/mol. The van der Waals surface area contributed by atoms with E-state index in [1.807, 2.05) is 30.4 Å². The highest BCUT2D eigenvalue weighted by atomic mass is 16.5. The van der Waals surface area contributed by atoms with Gasteiger partial charge in [-0.2, -0.15) is 0 Å². The Hall–Kier alpha value is -1.91. The summed E-state index contributed by atoms with van der Waals surface area (Å²) in [5.41, 5.74) is 6.40. The Kier molecular flexibility index (Phi) is 7.89. The number of benzene rings is 1. The van der Waals surface area contributed by atoms with E-state index in [-0.39, 0.29) is 12.0 Å². The molecule has 4 heteroatoms. The van der Waals surface area contributed by atoms with Crippen LogP contribution in [0.25, 0.3) is 0 Å². The molecule has 0 aliphatic carbocycles. The summed E-state index contributed by atoms with van der Waals surface area (Å²) in [5, 5.41) is 9.06. The molecule has 0 aliphatic heterocycles. The van der Waals surface area contributed by atoms with E-state index in [0.29, 0.717) is 0 Å². The zero-order valence-electron chi connectivity index (χ0n) is 15.0. The number of carboxylic acid groups (broad SMARTS) is 1. The highest BCUT2D eigenvalue weighted by molar-refractivity contribution is 5.71. The zero-order chi connectivity index (χ0) is 18.2. The van der Waals surface area contributed by atoms with Crippen LogP contribution in [-0.2, 0) is 16.0 Å². The molecule has 4 atom stereocenters. The fourth-order valence-electron chi connectivity index (χ4n) is 2.37. The number of hydrogen-bond donors (Lipinski definition) is 2. The van der Waals surface area contributed by atoms with Crippen LogP contribution in [0.15, 0.2) is 54.6 Å². The lowest BCUT2D eigenvalue weighted by Crippen LogP contribution is -2.44. The average Bonchev–Trinajstić information content (AvgIpc) is 2.56. The fraction of sp³-hybridized carbons (Fsp3) is 0.450. The zero-order valence-corrected chi connectivity index (χ0v) is 15.0. The van der Waals surface area contributed by atoms with Crippen LogP contribution in [0.1, 0.15) is 26.3 Å². The van der Waals surface area contributed by atoms with Gasteiger partial charge in [-0.3, -0.25) is 4.79 Å². The number of allylic oxidation sites excluding steroid dienone is 2. The van der Waals surface area contributed by atoms with Gasteiger partial charge in [0, 0.05) is 18.6 Å². The van der Waals surface area contributed by atoms with Crippen LogP contribution in [0.5, 0.6) is 0 Å². The number of rotatable bonds is 9. The van der Waals surface area contributed by atoms with Crippen LogP contribution in [0.3, 0.4) is 0 Å². The maximum absolute atomic E-state index is 11.0. The van der Waals surface area contributed by atoms with Gasteiger partial charge >= 0.3 is 5.97 Å². The Labute approximate surface area is 145 Å². The van der Waals surface area contributed by atoms with E-state index in [0.717, 1.165) is 6.42 Å². The lowest BCUT2D eigenvalue weighted by molar-refractivity contribution is -0.142. The van der Waals surface area contributed by atoms with Crippen molar-refractivity contribution in [2.45, 2.75) is 38.8 Å². The maximum Gasteiger partial charge on any atom is 0.308 e. The van der Waals surface area contributed by atoms with Crippen molar-refractivity contribution in [3.05, 3.63) is 60.2 Å². The molecule has 0 amide bonds. The van der Waals surface area contributed by atoms with E-state index in [1.165, 1.54) is 5.56 Å². The third-order valence-corrected chi connectivity index (χ3v) is 4.45. The van der Waals surface area contributed by atoms with Crippen LogP contribution in [0, 0.1) is 11.8 Å². The molecule has 1 rings (SSSR count). The summed E-state index contributed by atoms with van der Waals surface area (Å²) in [7, 11) is 1.72. The smallest absolute Gasteiger partial charge is 0.308 e. The van der Waals surface area contributed by atoms with E-state index in [1.54, 1.807) is 27.0 Å². The van der Waals surface area contributed by atoms with Gasteiger partial charge in [0.05, 0.1) is 12.0 Å². The van der Waals surface area contributed by atoms with Gasteiger partial charge in [-0.05, 0) is 25.8 Å². The highest BCUT2D eigenvalue weighted by Crippen LogP contribution is 2.17. The van der Waals surface area contributed by atoms with Crippen LogP contribution >= 0.6 is 0 Å². The SMILES string of the molecule is COC(Cc1ccccc1)C(C)C=CC=CC(C)(N)C(C)C(=O)O. The number of hydrogen-bond acceptors (Lipinski definition) is 3. The first-order valence-corrected chi connectivity index (χ1v) is 8.22. The molecule has 0 spiro atoms. The lowest BCUT2D eigenvalue weighted by atomic mass is 9.87. The van der Waals surface area contributed by atoms with Crippen molar-refractivity contribution in [2.75, 3.05) is 7.11 Å². The molecule has 0 aliphatic rings. The van der Waals surface area contributed by atoms with Crippen molar-refractivity contribution in [3.63, 3.8) is 0 Å². The standard InChI is InChI=1S/C20H29NO3/c1-15(18(24-4)14-17-11-6-5-7-12-17)10-8-9-13-20(3,21)16(2)19(22)23/h5-13,15-16,18H,14,21H2,1-4H3,(H,22,23). The molecule has 0 aromatic heterocycles. The number of nitrogens with two attached hydrogens (primary N) is 1. The summed E-state index contributed by atoms with van der Waals surface area (Å²) < 4.78 is 5.61. The molecule has 0 saturated carbocycles. The van der Waals surface area contributed by atoms with Crippen LogP contribution < -0.4 is 5.73 Å². The Morgan fingerprint density at radius 3 is 2.46 bits per heavy atom. The van der Waals surface area contributed by atoms with Crippen molar-refractivity contribution in [1.29, 1.82) is 0 Å². The Balaban J connectivity index is 2.64. The number of methoxy groups -OCH3 is 1. The molecule has 0 radical (unpaired) electrons. The molecule has 4 nitrogen and oxygen atoms in total. The highest BCUT2D eigenvalue weighted by Gasteiger charge is 2.29. The van der Waals surface area contributed by atoms with Crippen molar-refractivity contribution in [2.24, 2.45) is 17.6 Å². The van der Waals surface area contributed by atoms with Crippen LogP contribution in [0.2, 0.25) is 0 Å². The lowest BCUT2D eigenvalue weighted by Gasteiger charge is -2.24. The summed E-state index contributed by atoms with van der Waals surface area (Å²) in [4.78, 5) is 11.0. The normalized spacial score (nSPS) is 18.4. The second-order valence-electron chi connectivity index (χ2n) is 6.49. The Morgan fingerprint density at radius 1 is 1.29 bits per heavy atom. The summed E-state index contributed by atoms with van der Waals surface area (Å²) in [6, 6.07) is 10.2. The number of ether oxygens (including phenoxy) is 1. The maximum atomic E-state index is 11.0. The molecule has 4 unspecified atom stereocenters. The van der Waals surface area contributed by atoms with Gasteiger partial charge in [0.1, 0.15) is 0 Å². The second kappa shape index (κ2) is 9.40. The molecule has 0 heterocycles. The fourth-order valence-corrected chi connectivity index (χ4v) is 2.37. The molecule has 3 N–H and O–H groups in total. The number of aliphatic carboxylic acids is 1. The van der Waals surface area contributed by atoms with Gasteiger partial charge in [-0.25, -0.2) is 0 Å². The van der Waals surface area contributed by atoms with Gasteiger partial charge in [-0.15, -0.1) is 0 Å². The molecule has 0 saturated heterocycles. The second-order valence-corrected chi connectivity index (χ2v) is 6.49. The van der Waals surface area contributed by atoms with E-state index in [9.17, 15) is 4.79 Å². The Morgan fingerprint density at radius 2 is 1.92 bits per heavy atom. The molecular formula is C20H29NO3. The third kappa shape index (κ3) is 6.30. The topological polar surface area (TPSA) is 72.5 Å². The van der Waals surface area contributed by atoms with E-state index < -0.39 is 17.4 Å². The average molecular weight is 331 g/mol. The predicted molar refractivity (Wildman–Crippen MR) is 97.8 cm³/mol. The minimum atomic E-state index is -0.899. The molecule has 24 heavy (non-hydrogen) atoms. The third-order valence-electron chi connectivity index (χ3n) is 4.45. The van der Waals surface area contributed by atoms with Gasteiger partial charge in [0.25, 0.3) is 0 Å². The number of carbonyl (C=O) groups is 1. The first-order chi connectivity index (χ1) is 11.3. The van der Waals surface area contributed by atoms with E-state index in [2.05, 4.69) is 25.1 Å². The molecule has 0 fully saturated rings. The van der Waals surface area contributed by atoms with Crippen molar-refractivity contribution in [3.8, 4) is 0 Å². The van der Waals surface area contributed by atoms with Gasteiger partial charge in [0.2, 0.25) is 0 Å². The predicted octanol–water partition coefficient (Wildman–Crippen LogP) is 3.43. The molecule has 1 aromatic carbocycles. The first-order valence-electron chi connectivity index (χ1n) is 8.22. The summed E-state index contributed by atoms with van der Waals surface area (Å²) in [6.07, 6.45) is 8.42. The van der Waals surface area contributed by atoms with Crippen LogP contribution in [-0.4, -0.2) is 29.8 Å². The van der Waals surface area contributed by atoms with Crippen molar-refractivity contribution >= 4 is 5.97 Å². The summed E-state index contributed by atoms with van der Waals surface area (Å²) >= 11 is 0. The summed E-state index contributed by atoms with van der Waals surface area (Å²) in [6.45, 7) is 5.43. The van der Waals surface area contributed by atoms with Gasteiger partial charge in [0.15, 0.2) is 0 Å².